The molecular weight excluding hydrogens is 379 g/mol. The van der Waals surface area contributed by atoms with E-state index < -0.39 is 16.1 Å². The summed E-state index contributed by atoms with van der Waals surface area (Å²) >= 11 is 11.3. The number of carbonyl (C=O) groups is 1. The van der Waals surface area contributed by atoms with Crippen LogP contribution >= 0.6 is 23.2 Å². The third-order valence-electron chi connectivity index (χ3n) is 2.59. The van der Waals surface area contributed by atoms with Crippen molar-refractivity contribution in [3.05, 3.63) is 40.8 Å². The summed E-state index contributed by atoms with van der Waals surface area (Å²) in [6.45, 7) is 1.90. The number of amides is 1. The minimum absolute atomic E-state index is 0.00156. The van der Waals surface area contributed by atoms with Crippen LogP contribution in [0.5, 0.6) is 0 Å². The average molecular weight is 391 g/mol. The molecule has 128 valence electrons. The highest BCUT2D eigenvalue weighted by atomic mass is 35.5. The third kappa shape index (κ3) is 4.95. The van der Waals surface area contributed by atoms with Gasteiger partial charge in [-0.1, -0.05) is 11.6 Å². The molecule has 24 heavy (non-hydrogen) atoms. The van der Waals surface area contributed by atoms with Crippen LogP contribution in [-0.2, 0) is 14.8 Å². The molecule has 0 spiro atoms. The van der Waals surface area contributed by atoms with Crippen molar-refractivity contribution in [3.63, 3.8) is 0 Å². The topological polar surface area (TPSA) is 110 Å². The zero-order valence-corrected chi connectivity index (χ0v) is 14.6. The number of hydrogen-bond acceptors (Lipinski definition) is 6. The molecule has 1 amide bonds. The molecule has 0 aliphatic heterocycles. The molecule has 0 aliphatic rings. The Morgan fingerprint density at radius 3 is 2.46 bits per heavy atom. The van der Waals surface area contributed by atoms with Crippen molar-refractivity contribution >= 4 is 50.8 Å². The number of rotatable bonds is 5. The highest BCUT2D eigenvalue weighted by Crippen LogP contribution is 2.20. The van der Waals surface area contributed by atoms with Crippen LogP contribution in [0.1, 0.15) is 6.92 Å². The van der Waals surface area contributed by atoms with Gasteiger partial charge in [-0.15, -0.1) is 0 Å². The molecule has 0 saturated heterocycles. The lowest BCUT2D eigenvalue weighted by Gasteiger charge is -2.09. The number of hydrogen-bond donors (Lipinski definition) is 2. The van der Waals surface area contributed by atoms with E-state index in [2.05, 4.69) is 20.0 Å². The van der Waals surface area contributed by atoms with Crippen molar-refractivity contribution < 1.29 is 17.9 Å². The number of ether oxygens (including phenoxy) is 1. The summed E-state index contributed by atoms with van der Waals surface area (Å²) < 4.78 is 31.5. The van der Waals surface area contributed by atoms with Crippen LogP contribution in [0.2, 0.25) is 10.4 Å². The van der Waals surface area contributed by atoms with E-state index in [-0.39, 0.29) is 27.8 Å². The Balaban J connectivity index is 2.16. The Morgan fingerprint density at radius 2 is 1.88 bits per heavy atom. The molecule has 1 aromatic carbocycles. The van der Waals surface area contributed by atoms with E-state index in [0.29, 0.717) is 5.69 Å². The summed E-state index contributed by atoms with van der Waals surface area (Å²) in [5.74, 6) is -0.0614. The van der Waals surface area contributed by atoms with Gasteiger partial charge in [0, 0.05) is 11.8 Å². The quantitative estimate of drug-likeness (QED) is 0.599. The monoisotopic (exact) mass is 390 g/mol. The first-order valence-electron chi connectivity index (χ1n) is 6.57. The van der Waals surface area contributed by atoms with Crippen LogP contribution in [0.3, 0.4) is 0 Å². The van der Waals surface area contributed by atoms with Crippen LogP contribution in [0.25, 0.3) is 0 Å². The number of carbonyl (C=O) groups excluding carboxylic acids is 1. The van der Waals surface area contributed by atoms with Gasteiger partial charge in [0.05, 0.1) is 11.5 Å². The average Bonchev–Trinajstić information content (AvgIpc) is 2.46. The van der Waals surface area contributed by atoms with Gasteiger partial charge in [-0.2, -0.15) is 4.98 Å². The Labute approximate surface area is 148 Å². The SMILES string of the molecule is CCOC(=O)Nc1ccc(S(=O)(=O)Nc2cc(Cl)nc(Cl)n2)cc1. The first-order chi connectivity index (χ1) is 11.3. The predicted octanol–water partition coefficient (Wildman–Crippen LogP) is 3.15. The smallest absolute Gasteiger partial charge is 0.411 e. The molecule has 0 unspecified atom stereocenters. The lowest BCUT2D eigenvalue weighted by Crippen LogP contribution is -2.15. The number of sulfonamides is 1. The zero-order chi connectivity index (χ0) is 17.7. The van der Waals surface area contributed by atoms with Crippen molar-refractivity contribution in [2.24, 2.45) is 0 Å². The van der Waals surface area contributed by atoms with Gasteiger partial charge in [-0.25, -0.2) is 18.2 Å². The van der Waals surface area contributed by atoms with Crippen molar-refractivity contribution in [3.8, 4) is 0 Å². The Morgan fingerprint density at radius 1 is 1.21 bits per heavy atom. The summed E-state index contributed by atoms with van der Waals surface area (Å²) in [5.41, 5.74) is 0.389. The van der Waals surface area contributed by atoms with E-state index in [1.807, 2.05) is 0 Å². The van der Waals surface area contributed by atoms with Crippen molar-refractivity contribution in [2.75, 3.05) is 16.6 Å². The van der Waals surface area contributed by atoms with Crippen LogP contribution in [-0.4, -0.2) is 31.1 Å². The Bertz CT molecular complexity index is 823. The third-order valence-corrected chi connectivity index (χ3v) is 4.33. The highest BCUT2D eigenvalue weighted by Gasteiger charge is 2.16. The lowest BCUT2D eigenvalue weighted by atomic mass is 10.3. The van der Waals surface area contributed by atoms with Gasteiger partial charge in [-0.3, -0.25) is 10.0 Å². The maximum Gasteiger partial charge on any atom is 0.411 e. The zero-order valence-electron chi connectivity index (χ0n) is 12.3. The van der Waals surface area contributed by atoms with Gasteiger partial charge in [-0.05, 0) is 42.8 Å². The fourth-order valence-electron chi connectivity index (χ4n) is 1.64. The van der Waals surface area contributed by atoms with Gasteiger partial charge < -0.3 is 4.74 Å². The first kappa shape index (κ1) is 18.2. The molecule has 1 aromatic heterocycles. The molecule has 0 bridgehead atoms. The number of benzene rings is 1. The van der Waals surface area contributed by atoms with Gasteiger partial charge in [0.2, 0.25) is 5.28 Å². The molecular formula is C13H12Cl2N4O4S. The number of anilines is 2. The molecule has 0 fully saturated rings. The summed E-state index contributed by atoms with van der Waals surface area (Å²) in [4.78, 5) is 18.6. The second-order valence-electron chi connectivity index (χ2n) is 4.32. The van der Waals surface area contributed by atoms with E-state index in [1.165, 1.54) is 30.3 Å². The Kier molecular flexibility index (Phi) is 5.81. The minimum Gasteiger partial charge on any atom is -0.450 e. The number of nitrogens with one attached hydrogen (secondary N) is 2. The highest BCUT2D eigenvalue weighted by molar-refractivity contribution is 7.92. The van der Waals surface area contributed by atoms with Crippen LogP contribution in [0, 0.1) is 0 Å². The molecule has 8 nitrogen and oxygen atoms in total. The van der Waals surface area contributed by atoms with Gasteiger partial charge >= 0.3 is 6.09 Å². The van der Waals surface area contributed by atoms with E-state index in [4.69, 9.17) is 27.9 Å². The summed E-state index contributed by atoms with van der Waals surface area (Å²) in [6.07, 6.45) is -0.628. The number of aromatic nitrogens is 2. The minimum atomic E-state index is -3.90. The maximum absolute atomic E-state index is 12.3. The molecule has 0 atom stereocenters. The van der Waals surface area contributed by atoms with Gasteiger partial charge in [0.1, 0.15) is 11.0 Å². The number of halogens is 2. The fourth-order valence-corrected chi connectivity index (χ4v) is 3.04. The number of nitrogens with zero attached hydrogens (tertiary/aromatic N) is 2. The molecule has 2 rings (SSSR count). The molecule has 0 aliphatic carbocycles. The van der Waals surface area contributed by atoms with Crippen LogP contribution in [0.4, 0.5) is 16.3 Å². The van der Waals surface area contributed by atoms with Crippen LogP contribution < -0.4 is 10.0 Å². The van der Waals surface area contributed by atoms with Crippen molar-refractivity contribution in [1.29, 1.82) is 0 Å². The van der Waals surface area contributed by atoms with E-state index >= 15 is 0 Å². The van der Waals surface area contributed by atoms with Gasteiger partial charge in [0.25, 0.3) is 10.0 Å². The first-order valence-corrected chi connectivity index (χ1v) is 8.81. The second kappa shape index (κ2) is 7.65. The van der Waals surface area contributed by atoms with Crippen molar-refractivity contribution in [2.45, 2.75) is 11.8 Å². The van der Waals surface area contributed by atoms with E-state index in [1.54, 1.807) is 6.92 Å². The summed E-state index contributed by atoms with van der Waals surface area (Å²) in [6, 6.07) is 6.70. The predicted molar refractivity (Wildman–Crippen MR) is 89.9 cm³/mol. The molecule has 1 heterocycles. The molecule has 11 heteroatoms. The fraction of sp³-hybridized carbons (Fsp3) is 0.154. The maximum atomic E-state index is 12.3. The van der Waals surface area contributed by atoms with Crippen LogP contribution in [0.15, 0.2) is 35.2 Å². The summed E-state index contributed by atoms with van der Waals surface area (Å²) in [7, 11) is -3.90. The van der Waals surface area contributed by atoms with E-state index in [9.17, 15) is 13.2 Å². The molecule has 2 aromatic rings. The standard InChI is InChI=1S/C13H12Cl2N4O4S/c1-2-23-13(20)16-8-3-5-9(6-4-8)24(21,22)19-11-7-10(14)17-12(15)18-11/h3-7H,2H2,1H3,(H,16,20)(H,17,18,19). The normalized spacial score (nSPS) is 11.0. The Hall–Kier alpha value is -2.10. The molecule has 2 N–H and O–H groups in total. The molecule has 0 radical (unpaired) electrons. The summed E-state index contributed by atoms with van der Waals surface area (Å²) in [5, 5.41) is 2.27. The molecule has 0 saturated carbocycles. The second-order valence-corrected chi connectivity index (χ2v) is 6.73. The van der Waals surface area contributed by atoms with Crippen molar-refractivity contribution in [1.82, 2.24) is 9.97 Å². The van der Waals surface area contributed by atoms with E-state index in [0.717, 1.165) is 0 Å². The lowest BCUT2D eigenvalue weighted by molar-refractivity contribution is 0.168. The van der Waals surface area contributed by atoms with Gasteiger partial charge in [0.15, 0.2) is 0 Å². The largest absolute Gasteiger partial charge is 0.450 e.